The lowest BCUT2D eigenvalue weighted by molar-refractivity contribution is 0.287. The monoisotopic (exact) mass is 351 g/mol. The second-order valence-corrected chi connectivity index (χ2v) is 7.53. The second-order valence-electron chi connectivity index (χ2n) is 6.61. The molecule has 1 heterocycles. The van der Waals surface area contributed by atoms with Crippen molar-refractivity contribution < 1.29 is 4.52 Å². The molecule has 0 amide bonds. The summed E-state index contributed by atoms with van der Waals surface area (Å²) in [7, 11) is 0. The van der Waals surface area contributed by atoms with Gasteiger partial charge in [0.1, 0.15) is 0 Å². The van der Waals surface area contributed by atoms with Gasteiger partial charge in [0.2, 0.25) is 11.7 Å². The van der Waals surface area contributed by atoms with Gasteiger partial charge in [-0.25, -0.2) is 0 Å². The van der Waals surface area contributed by atoms with Crippen LogP contribution in [0.5, 0.6) is 0 Å². The number of nitrogens with two attached hydrogens (primary N) is 1. The van der Waals surface area contributed by atoms with E-state index in [1.807, 2.05) is 25.1 Å². The van der Waals surface area contributed by atoms with Crippen molar-refractivity contribution in [2.75, 3.05) is 6.54 Å². The van der Waals surface area contributed by atoms with E-state index in [2.05, 4.69) is 46.8 Å². The SMILES string of the molecule is Cc1cc(Br)ccc1-c1noc(C(CN)CC(C)(C)C)n1. The summed E-state index contributed by atoms with van der Waals surface area (Å²) >= 11 is 3.46. The highest BCUT2D eigenvalue weighted by Crippen LogP contribution is 2.31. The molecule has 1 atom stereocenters. The number of aryl methyl sites for hydroxylation is 1. The fourth-order valence-corrected chi connectivity index (χ4v) is 2.87. The molecule has 2 N–H and O–H groups in total. The lowest BCUT2D eigenvalue weighted by atomic mass is 9.84. The summed E-state index contributed by atoms with van der Waals surface area (Å²) in [4.78, 5) is 4.55. The van der Waals surface area contributed by atoms with E-state index in [-0.39, 0.29) is 11.3 Å². The van der Waals surface area contributed by atoms with Gasteiger partial charge >= 0.3 is 0 Å². The molecule has 21 heavy (non-hydrogen) atoms. The van der Waals surface area contributed by atoms with Gasteiger partial charge in [-0.15, -0.1) is 0 Å². The number of hydrogen-bond acceptors (Lipinski definition) is 4. The predicted molar refractivity (Wildman–Crippen MR) is 88.0 cm³/mol. The van der Waals surface area contributed by atoms with Gasteiger partial charge in [0, 0.05) is 16.6 Å². The molecule has 0 aliphatic carbocycles. The molecule has 0 spiro atoms. The minimum absolute atomic E-state index is 0.0991. The highest BCUT2D eigenvalue weighted by Gasteiger charge is 2.24. The standard InChI is InChI=1S/C16H22BrN3O/c1-10-7-12(17)5-6-13(10)14-19-15(21-20-14)11(9-18)8-16(2,3)4/h5-7,11H,8-9,18H2,1-4H3. The summed E-state index contributed by atoms with van der Waals surface area (Å²) in [6, 6.07) is 6.02. The lowest BCUT2D eigenvalue weighted by Crippen LogP contribution is -2.19. The molecule has 0 aliphatic heterocycles. The fraction of sp³-hybridized carbons (Fsp3) is 0.500. The van der Waals surface area contributed by atoms with Crippen LogP contribution in [-0.2, 0) is 0 Å². The summed E-state index contributed by atoms with van der Waals surface area (Å²) in [6.07, 6.45) is 0.921. The Hall–Kier alpha value is -1.20. The molecule has 0 saturated heterocycles. The van der Waals surface area contributed by atoms with Crippen LogP contribution in [0, 0.1) is 12.3 Å². The molecule has 2 aromatic rings. The van der Waals surface area contributed by atoms with Crippen LogP contribution in [-0.4, -0.2) is 16.7 Å². The van der Waals surface area contributed by atoms with Gasteiger partial charge in [0.15, 0.2) is 0 Å². The topological polar surface area (TPSA) is 64.9 Å². The predicted octanol–water partition coefficient (Wildman–Crippen LogP) is 4.29. The molecule has 2 rings (SSSR count). The molecule has 0 saturated carbocycles. The number of hydrogen-bond donors (Lipinski definition) is 1. The van der Waals surface area contributed by atoms with Crippen molar-refractivity contribution in [2.45, 2.75) is 40.0 Å². The number of nitrogens with zero attached hydrogens (tertiary/aromatic N) is 2. The second kappa shape index (κ2) is 6.28. The Balaban J connectivity index is 2.28. The van der Waals surface area contributed by atoms with Crippen molar-refractivity contribution in [3.05, 3.63) is 34.1 Å². The number of aromatic nitrogens is 2. The van der Waals surface area contributed by atoms with E-state index < -0.39 is 0 Å². The zero-order valence-electron chi connectivity index (χ0n) is 13.0. The Morgan fingerprint density at radius 2 is 2.05 bits per heavy atom. The molecule has 114 valence electrons. The third-order valence-corrected chi connectivity index (χ3v) is 3.86. The maximum atomic E-state index is 5.88. The van der Waals surface area contributed by atoms with Gasteiger partial charge < -0.3 is 10.3 Å². The summed E-state index contributed by atoms with van der Waals surface area (Å²) in [5.74, 6) is 1.36. The highest BCUT2D eigenvalue weighted by atomic mass is 79.9. The highest BCUT2D eigenvalue weighted by molar-refractivity contribution is 9.10. The number of halogens is 1. The first-order chi connectivity index (χ1) is 9.80. The van der Waals surface area contributed by atoms with E-state index in [0.29, 0.717) is 18.3 Å². The molecule has 1 unspecified atom stereocenters. The van der Waals surface area contributed by atoms with Crippen LogP contribution >= 0.6 is 15.9 Å². The summed E-state index contributed by atoms with van der Waals surface area (Å²) in [5, 5.41) is 4.12. The van der Waals surface area contributed by atoms with Crippen molar-refractivity contribution >= 4 is 15.9 Å². The van der Waals surface area contributed by atoms with E-state index in [4.69, 9.17) is 10.3 Å². The van der Waals surface area contributed by atoms with Gasteiger partial charge in [-0.2, -0.15) is 4.98 Å². The molecule has 0 aliphatic rings. The Morgan fingerprint density at radius 1 is 1.33 bits per heavy atom. The molecule has 4 nitrogen and oxygen atoms in total. The third-order valence-electron chi connectivity index (χ3n) is 3.36. The van der Waals surface area contributed by atoms with Crippen molar-refractivity contribution in [2.24, 2.45) is 11.1 Å². The lowest BCUT2D eigenvalue weighted by Gasteiger charge is -2.22. The normalized spacial score (nSPS) is 13.4. The van der Waals surface area contributed by atoms with Crippen LogP contribution < -0.4 is 5.73 Å². The average Bonchev–Trinajstić information content (AvgIpc) is 2.84. The smallest absolute Gasteiger partial charge is 0.231 e. The summed E-state index contributed by atoms with van der Waals surface area (Å²) < 4.78 is 6.49. The van der Waals surface area contributed by atoms with E-state index in [1.54, 1.807) is 0 Å². The largest absolute Gasteiger partial charge is 0.339 e. The zero-order chi connectivity index (χ0) is 15.6. The molecular weight excluding hydrogens is 330 g/mol. The Morgan fingerprint density at radius 3 is 2.62 bits per heavy atom. The first-order valence-electron chi connectivity index (χ1n) is 7.10. The number of rotatable bonds is 4. The van der Waals surface area contributed by atoms with Gasteiger partial charge in [0.05, 0.1) is 5.92 Å². The van der Waals surface area contributed by atoms with Crippen molar-refractivity contribution in [3.8, 4) is 11.4 Å². The van der Waals surface area contributed by atoms with Gasteiger partial charge in [-0.05, 0) is 42.5 Å². The van der Waals surface area contributed by atoms with E-state index in [1.165, 1.54) is 0 Å². The first kappa shape index (κ1) is 16.2. The molecule has 1 aromatic heterocycles. The fourth-order valence-electron chi connectivity index (χ4n) is 2.40. The van der Waals surface area contributed by atoms with Crippen molar-refractivity contribution in [1.82, 2.24) is 10.1 Å². The molecule has 5 heteroatoms. The van der Waals surface area contributed by atoms with E-state index in [0.717, 1.165) is 22.0 Å². The number of benzene rings is 1. The van der Waals surface area contributed by atoms with Crippen molar-refractivity contribution in [3.63, 3.8) is 0 Å². The Labute approximate surface area is 134 Å². The maximum Gasteiger partial charge on any atom is 0.231 e. The molecule has 0 fully saturated rings. The summed E-state index contributed by atoms with van der Waals surface area (Å²) in [5.41, 5.74) is 8.14. The minimum Gasteiger partial charge on any atom is -0.339 e. The van der Waals surface area contributed by atoms with Gasteiger partial charge in [-0.1, -0.05) is 41.9 Å². The van der Waals surface area contributed by atoms with E-state index >= 15 is 0 Å². The van der Waals surface area contributed by atoms with Crippen LogP contribution in [0.3, 0.4) is 0 Å². The minimum atomic E-state index is 0.0991. The average molecular weight is 352 g/mol. The van der Waals surface area contributed by atoms with Crippen LogP contribution in [0.4, 0.5) is 0 Å². The van der Waals surface area contributed by atoms with Crippen LogP contribution in [0.1, 0.15) is 44.6 Å². The van der Waals surface area contributed by atoms with Crippen LogP contribution in [0.25, 0.3) is 11.4 Å². The maximum absolute atomic E-state index is 5.88. The van der Waals surface area contributed by atoms with Crippen molar-refractivity contribution in [1.29, 1.82) is 0 Å². The van der Waals surface area contributed by atoms with Gasteiger partial charge in [-0.3, -0.25) is 0 Å². The Kier molecular flexibility index (Phi) is 4.84. The van der Waals surface area contributed by atoms with Crippen LogP contribution in [0.2, 0.25) is 0 Å². The third kappa shape index (κ3) is 4.14. The summed E-state index contributed by atoms with van der Waals surface area (Å²) in [6.45, 7) is 9.10. The van der Waals surface area contributed by atoms with Gasteiger partial charge in [0.25, 0.3) is 0 Å². The molecule has 1 aromatic carbocycles. The van der Waals surface area contributed by atoms with Crippen LogP contribution in [0.15, 0.2) is 27.2 Å². The molecule has 0 bridgehead atoms. The quantitative estimate of drug-likeness (QED) is 0.892. The first-order valence-corrected chi connectivity index (χ1v) is 7.89. The van der Waals surface area contributed by atoms with E-state index in [9.17, 15) is 0 Å². The Bertz CT molecular complexity index is 616. The molecule has 0 radical (unpaired) electrons. The zero-order valence-corrected chi connectivity index (χ0v) is 14.6. The molecular formula is C16H22BrN3O.